The van der Waals surface area contributed by atoms with Crippen LogP contribution in [0.3, 0.4) is 0 Å². The van der Waals surface area contributed by atoms with Gasteiger partial charge in [0.2, 0.25) is 0 Å². The first kappa shape index (κ1) is 17.7. The Morgan fingerprint density at radius 2 is 1.91 bits per heavy atom. The molecule has 118 valence electrons. The molecule has 0 saturated carbocycles. The lowest BCUT2D eigenvalue weighted by atomic mass is 9.92. The van der Waals surface area contributed by atoms with Gasteiger partial charge in [0, 0.05) is 26.0 Å². The molecule has 0 amide bonds. The number of hydrogen-bond donors (Lipinski definition) is 2. The van der Waals surface area contributed by atoms with Gasteiger partial charge < -0.3 is 15.4 Å². The van der Waals surface area contributed by atoms with Gasteiger partial charge in [-0.3, -0.25) is 0 Å². The molecule has 2 N–H and O–H groups in total. The van der Waals surface area contributed by atoms with Crippen LogP contribution in [-0.4, -0.2) is 25.9 Å². The average Bonchev–Trinajstić information content (AvgIpc) is 2.58. The summed E-state index contributed by atoms with van der Waals surface area (Å²) in [6.45, 7) is 6.42. The summed E-state index contributed by atoms with van der Waals surface area (Å²) < 4.78 is 0. The summed E-state index contributed by atoms with van der Waals surface area (Å²) in [5.41, 5.74) is 5.16. The van der Waals surface area contributed by atoms with Gasteiger partial charge in [0.15, 0.2) is 0 Å². The zero-order chi connectivity index (χ0) is 16.5. The van der Waals surface area contributed by atoms with Crippen molar-refractivity contribution in [2.75, 3.05) is 24.7 Å². The monoisotopic (exact) mass is 299 g/mol. The molecule has 0 aliphatic carbocycles. The molecule has 0 fully saturated rings. The van der Waals surface area contributed by atoms with Crippen LogP contribution < -0.4 is 10.6 Å². The summed E-state index contributed by atoms with van der Waals surface area (Å²) in [5.74, 6) is 1.41. The zero-order valence-corrected chi connectivity index (χ0v) is 13.8. The number of benzene rings is 1. The summed E-state index contributed by atoms with van der Waals surface area (Å²) in [4.78, 5) is 12.4. The Hall–Kier alpha value is -2.36. The van der Waals surface area contributed by atoms with E-state index in [1.165, 1.54) is 16.7 Å². The molecule has 4 nitrogen and oxygen atoms in total. The number of carbonyl (C=O) groups excluding carboxylic acids is 1. The van der Waals surface area contributed by atoms with Crippen molar-refractivity contribution in [3.8, 4) is 0 Å². The van der Waals surface area contributed by atoms with Crippen molar-refractivity contribution in [1.29, 1.82) is 0 Å². The van der Waals surface area contributed by atoms with E-state index in [-0.39, 0.29) is 0 Å². The van der Waals surface area contributed by atoms with Crippen molar-refractivity contribution >= 4 is 18.3 Å². The molecule has 0 saturated heterocycles. The number of carbonyl (C=O) groups is 1. The average molecular weight is 299 g/mol. The standard InChI is InChI=1S/C17H23N3.CH2O/c1-12-11-15(18-3)8-7-14(12)10-13(2)16-6-5-9-20-17(16)19-4;1-2/h5-9,11,13,18H,10H2,1-4H3,(H,19,20);1H2. The summed E-state index contributed by atoms with van der Waals surface area (Å²) in [6, 6.07) is 10.7. The Morgan fingerprint density at radius 3 is 2.50 bits per heavy atom. The molecule has 1 unspecified atom stereocenters. The normalized spacial score (nSPS) is 11.1. The van der Waals surface area contributed by atoms with Crippen LogP contribution >= 0.6 is 0 Å². The van der Waals surface area contributed by atoms with Gasteiger partial charge in [-0.05, 0) is 54.2 Å². The van der Waals surface area contributed by atoms with Gasteiger partial charge in [0.05, 0.1) is 0 Å². The van der Waals surface area contributed by atoms with Gasteiger partial charge in [-0.1, -0.05) is 19.1 Å². The lowest BCUT2D eigenvalue weighted by Crippen LogP contribution is -2.05. The third-order valence-corrected chi connectivity index (χ3v) is 3.76. The summed E-state index contributed by atoms with van der Waals surface area (Å²) in [6.07, 6.45) is 2.85. The van der Waals surface area contributed by atoms with Crippen LogP contribution in [0.25, 0.3) is 0 Å². The highest BCUT2D eigenvalue weighted by molar-refractivity contribution is 5.49. The number of pyridine rings is 1. The lowest BCUT2D eigenvalue weighted by Gasteiger charge is -2.17. The number of hydrogen-bond acceptors (Lipinski definition) is 4. The van der Waals surface area contributed by atoms with E-state index in [1.807, 2.05) is 33.1 Å². The van der Waals surface area contributed by atoms with Crippen LogP contribution in [0.1, 0.15) is 29.5 Å². The molecule has 0 bridgehead atoms. The number of nitrogens with one attached hydrogen (secondary N) is 2. The Kier molecular flexibility index (Phi) is 7.09. The van der Waals surface area contributed by atoms with Crippen molar-refractivity contribution in [2.24, 2.45) is 0 Å². The molecule has 4 heteroatoms. The van der Waals surface area contributed by atoms with Gasteiger partial charge in [-0.2, -0.15) is 0 Å². The fourth-order valence-electron chi connectivity index (χ4n) is 2.54. The summed E-state index contributed by atoms with van der Waals surface area (Å²) in [5, 5.41) is 6.35. The Labute approximate surface area is 133 Å². The van der Waals surface area contributed by atoms with Gasteiger partial charge >= 0.3 is 0 Å². The molecule has 1 heterocycles. The molecule has 0 aliphatic heterocycles. The lowest BCUT2D eigenvalue weighted by molar-refractivity contribution is -0.0979. The number of nitrogens with zero attached hydrogens (tertiary/aromatic N) is 1. The maximum absolute atomic E-state index is 8.00. The van der Waals surface area contributed by atoms with Gasteiger partial charge in [0.1, 0.15) is 12.6 Å². The molecular formula is C18H25N3O. The van der Waals surface area contributed by atoms with Crippen LogP contribution in [0.2, 0.25) is 0 Å². The predicted molar refractivity (Wildman–Crippen MR) is 93.7 cm³/mol. The van der Waals surface area contributed by atoms with Crippen LogP contribution in [-0.2, 0) is 11.2 Å². The third kappa shape index (κ3) is 4.32. The quantitative estimate of drug-likeness (QED) is 0.885. The third-order valence-electron chi connectivity index (χ3n) is 3.76. The van der Waals surface area contributed by atoms with Crippen LogP contribution in [0, 0.1) is 6.92 Å². The van der Waals surface area contributed by atoms with E-state index in [9.17, 15) is 0 Å². The molecule has 2 aromatic rings. The van der Waals surface area contributed by atoms with Crippen molar-refractivity contribution < 1.29 is 4.79 Å². The first-order chi connectivity index (χ1) is 10.7. The van der Waals surface area contributed by atoms with Gasteiger partial charge in [-0.15, -0.1) is 0 Å². The number of anilines is 2. The van der Waals surface area contributed by atoms with Crippen molar-refractivity contribution in [3.63, 3.8) is 0 Å². The highest BCUT2D eigenvalue weighted by Gasteiger charge is 2.12. The van der Waals surface area contributed by atoms with Gasteiger partial charge in [0.25, 0.3) is 0 Å². The van der Waals surface area contributed by atoms with Crippen LogP contribution in [0.5, 0.6) is 0 Å². The van der Waals surface area contributed by atoms with E-state index >= 15 is 0 Å². The molecule has 0 radical (unpaired) electrons. The number of aromatic nitrogens is 1. The van der Waals surface area contributed by atoms with E-state index in [2.05, 4.69) is 53.7 Å². The highest BCUT2D eigenvalue weighted by Crippen LogP contribution is 2.27. The van der Waals surface area contributed by atoms with Gasteiger partial charge in [-0.25, -0.2) is 4.98 Å². The number of aryl methyl sites for hydroxylation is 1. The SMILES string of the molecule is C=O.CNc1ccc(CC(C)c2cccnc2NC)c(C)c1. The Bertz CT molecular complexity index is 599. The highest BCUT2D eigenvalue weighted by atomic mass is 16.1. The molecular weight excluding hydrogens is 274 g/mol. The number of rotatable bonds is 5. The van der Waals surface area contributed by atoms with Crippen molar-refractivity contribution in [3.05, 3.63) is 53.2 Å². The summed E-state index contributed by atoms with van der Waals surface area (Å²) >= 11 is 0. The molecule has 0 aliphatic rings. The van der Waals surface area contributed by atoms with E-state index < -0.39 is 0 Å². The maximum Gasteiger partial charge on any atom is 0.129 e. The molecule has 2 rings (SSSR count). The predicted octanol–water partition coefficient (Wildman–Crippen LogP) is 3.63. The van der Waals surface area contributed by atoms with Crippen molar-refractivity contribution in [2.45, 2.75) is 26.2 Å². The topological polar surface area (TPSA) is 54.0 Å². The fraction of sp³-hybridized carbons (Fsp3) is 0.333. The van der Waals surface area contributed by atoms with E-state index in [4.69, 9.17) is 4.79 Å². The minimum absolute atomic E-state index is 0.435. The first-order valence-corrected chi connectivity index (χ1v) is 7.34. The second-order valence-corrected chi connectivity index (χ2v) is 5.19. The molecule has 1 atom stereocenters. The second kappa shape index (κ2) is 8.82. The minimum Gasteiger partial charge on any atom is -0.388 e. The van der Waals surface area contributed by atoms with E-state index in [0.717, 1.165) is 17.9 Å². The molecule has 22 heavy (non-hydrogen) atoms. The summed E-state index contributed by atoms with van der Waals surface area (Å²) in [7, 11) is 3.87. The van der Waals surface area contributed by atoms with Crippen LogP contribution in [0.15, 0.2) is 36.5 Å². The van der Waals surface area contributed by atoms with Crippen LogP contribution in [0.4, 0.5) is 11.5 Å². The largest absolute Gasteiger partial charge is 0.388 e. The Balaban J connectivity index is 0.00000116. The van der Waals surface area contributed by atoms with E-state index in [1.54, 1.807) is 0 Å². The fourth-order valence-corrected chi connectivity index (χ4v) is 2.54. The second-order valence-electron chi connectivity index (χ2n) is 5.19. The van der Waals surface area contributed by atoms with Crippen molar-refractivity contribution in [1.82, 2.24) is 4.98 Å². The molecule has 1 aromatic carbocycles. The molecule has 1 aromatic heterocycles. The minimum atomic E-state index is 0.435. The van der Waals surface area contributed by atoms with E-state index in [0.29, 0.717) is 5.92 Å². The molecule has 0 spiro atoms. The maximum atomic E-state index is 8.00. The Morgan fingerprint density at radius 1 is 1.18 bits per heavy atom. The zero-order valence-electron chi connectivity index (χ0n) is 13.8. The smallest absolute Gasteiger partial charge is 0.129 e. The first-order valence-electron chi connectivity index (χ1n) is 7.34.